The topological polar surface area (TPSA) is 94.2 Å². The van der Waals surface area contributed by atoms with Crippen molar-refractivity contribution < 1.29 is 12.8 Å². The minimum Gasteiger partial charge on any atom is -0.408 e. The van der Waals surface area contributed by atoms with E-state index in [1.54, 1.807) is 12.1 Å². The van der Waals surface area contributed by atoms with E-state index in [-0.39, 0.29) is 4.90 Å². The molecule has 0 spiro atoms. The number of benzene rings is 1. The van der Waals surface area contributed by atoms with Crippen molar-refractivity contribution in [3.05, 3.63) is 53.3 Å². The van der Waals surface area contributed by atoms with Gasteiger partial charge in [0.25, 0.3) is 10.0 Å². The van der Waals surface area contributed by atoms with Crippen molar-refractivity contribution in [1.29, 1.82) is 0 Å². The molecule has 0 saturated heterocycles. The molecular weight excluding hydrogens is 294 g/mol. The fourth-order valence-corrected chi connectivity index (χ4v) is 2.99. The van der Waals surface area contributed by atoms with Crippen LogP contribution in [0.15, 0.2) is 56.8 Å². The van der Waals surface area contributed by atoms with Crippen LogP contribution in [0.3, 0.4) is 0 Å². The van der Waals surface area contributed by atoms with Crippen molar-refractivity contribution in [3.63, 3.8) is 0 Å². The van der Waals surface area contributed by atoms with Crippen LogP contribution < -0.4 is 10.5 Å². The third-order valence-corrected chi connectivity index (χ3v) is 4.38. The Kier molecular flexibility index (Phi) is 3.02. The normalized spacial score (nSPS) is 11.7. The second kappa shape index (κ2) is 4.74. The number of anilines is 1. The smallest absolute Gasteiger partial charge is 0.408 e. The minimum absolute atomic E-state index is 0.0446. The molecule has 2 heterocycles. The van der Waals surface area contributed by atoms with E-state index in [1.807, 2.05) is 0 Å². The third kappa shape index (κ3) is 2.40. The molecule has 3 rings (SSSR count). The number of fused-ring (bicyclic) bond motifs is 1. The summed E-state index contributed by atoms with van der Waals surface area (Å²) in [5.74, 6) is -0.540. The number of oxazole rings is 1. The summed E-state index contributed by atoms with van der Waals surface area (Å²) in [5, 5.41) is 0. The van der Waals surface area contributed by atoms with Gasteiger partial charge in [-0.15, -0.1) is 0 Å². The number of hydrogen-bond acceptors (Lipinski definition) is 5. The number of sulfonamides is 1. The first-order valence-corrected chi connectivity index (χ1v) is 7.48. The molecule has 1 N–H and O–H groups in total. The van der Waals surface area contributed by atoms with E-state index in [0.717, 1.165) is 0 Å². The molecule has 1 aromatic carbocycles. The van der Waals surface area contributed by atoms with Crippen molar-refractivity contribution in [3.8, 4) is 0 Å². The summed E-state index contributed by atoms with van der Waals surface area (Å²) in [5.41, 5.74) is 1.16. The molecule has 0 unspecified atom stereocenters. The number of rotatable bonds is 3. The Morgan fingerprint density at radius 3 is 2.62 bits per heavy atom. The Morgan fingerprint density at radius 2 is 1.90 bits per heavy atom. The van der Waals surface area contributed by atoms with Crippen molar-refractivity contribution in [2.45, 2.75) is 4.90 Å². The largest absolute Gasteiger partial charge is 0.419 e. The summed E-state index contributed by atoms with van der Waals surface area (Å²) >= 11 is 0. The van der Waals surface area contributed by atoms with Gasteiger partial charge in [0, 0.05) is 19.4 Å². The van der Waals surface area contributed by atoms with Crippen LogP contribution in [0.25, 0.3) is 11.1 Å². The van der Waals surface area contributed by atoms with Gasteiger partial charge >= 0.3 is 5.76 Å². The predicted molar refractivity (Wildman–Crippen MR) is 76.5 cm³/mol. The first-order valence-electron chi connectivity index (χ1n) is 6.00. The molecule has 0 amide bonds. The molecule has 108 valence electrons. The average Bonchev–Trinajstić information content (AvgIpc) is 2.74. The van der Waals surface area contributed by atoms with Gasteiger partial charge in [0.15, 0.2) is 5.58 Å². The molecule has 21 heavy (non-hydrogen) atoms. The van der Waals surface area contributed by atoms with Crippen molar-refractivity contribution in [2.75, 3.05) is 4.72 Å². The lowest BCUT2D eigenvalue weighted by Gasteiger charge is -2.07. The van der Waals surface area contributed by atoms with E-state index in [0.29, 0.717) is 16.8 Å². The van der Waals surface area contributed by atoms with E-state index in [9.17, 15) is 13.2 Å². The Morgan fingerprint density at radius 1 is 1.19 bits per heavy atom. The maximum Gasteiger partial charge on any atom is 0.419 e. The highest BCUT2D eigenvalue weighted by Gasteiger charge is 2.17. The van der Waals surface area contributed by atoms with Gasteiger partial charge in [-0.25, -0.2) is 13.2 Å². The number of aromatic nitrogens is 2. The molecule has 8 heteroatoms. The van der Waals surface area contributed by atoms with Gasteiger partial charge < -0.3 is 4.42 Å². The van der Waals surface area contributed by atoms with Crippen LogP contribution in [-0.2, 0) is 17.1 Å². The zero-order valence-corrected chi connectivity index (χ0v) is 11.8. The molecule has 0 radical (unpaired) electrons. The molecule has 0 saturated carbocycles. The highest BCUT2D eigenvalue weighted by atomic mass is 32.2. The quantitative estimate of drug-likeness (QED) is 0.787. The van der Waals surface area contributed by atoms with Crippen LogP contribution >= 0.6 is 0 Å². The van der Waals surface area contributed by atoms with Gasteiger partial charge in [0.2, 0.25) is 0 Å². The lowest BCUT2D eigenvalue weighted by atomic mass is 10.3. The van der Waals surface area contributed by atoms with Gasteiger partial charge in [-0.2, -0.15) is 0 Å². The van der Waals surface area contributed by atoms with Crippen molar-refractivity contribution >= 4 is 26.8 Å². The first kappa shape index (κ1) is 13.4. The zero-order valence-electron chi connectivity index (χ0n) is 11.0. The fourth-order valence-electron chi connectivity index (χ4n) is 1.91. The van der Waals surface area contributed by atoms with Gasteiger partial charge in [0.05, 0.1) is 16.1 Å². The number of nitrogens with zero attached hydrogens (tertiary/aromatic N) is 2. The Balaban J connectivity index is 2.06. The van der Waals surface area contributed by atoms with Crippen LogP contribution in [0.2, 0.25) is 0 Å². The van der Waals surface area contributed by atoms with Crippen molar-refractivity contribution in [1.82, 2.24) is 9.55 Å². The van der Waals surface area contributed by atoms with E-state index in [2.05, 4.69) is 9.71 Å². The van der Waals surface area contributed by atoms with Gasteiger partial charge in [-0.1, -0.05) is 0 Å². The van der Waals surface area contributed by atoms with Gasteiger partial charge in [0.1, 0.15) is 0 Å². The monoisotopic (exact) mass is 305 g/mol. The van der Waals surface area contributed by atoms with Crippen LogP contribution in [0.1, 0.15) is 0 Å². The summed E-state index contributed by atoms with van der Waals surface area (Å²) in [6, 6.07) is 7.32. The Hall–Kier alpha value is -2.61. The van der Waals surface area contributed by atoms with Gasteiger partial charge in [-0.05, 0) is 30.3 Å². The molecule has 0 aliphatic rings. The van der Waals surface area contributed by atoms with E-state index >= 15 is 0 Å². The molecule has 0 aliphatic carbocycles. The maximum absolute atomic E-state index is 12.3. The first-order chi connectivity index (χ1) is 9.97. The van der Waals surface area contributed by atoms with Crippen LogP contribution in [-0.4, -0.2) is 18.0 Å². The third-order valence-electron chi connectivity index (χ3n) is 3.01. The number of hydrogen-bond donors (Lipinski definition) is 1. The Labute approximate surface area is 119 Å². The van der Waals surface area contributed by atoms with Crippen LogP contribution in [0.5, 0.6) is 0 Å². The molecule has 0 fully saturated rings. The molecule has 2 aromatic heterocycles. The summed E-state index contributed by atoms with van der Waals surface area (Å²) in [6.07, 6.45) is 2.97. The molecule has 0 aliphatic heterocycles. The number of nitrogens with one attached hydrogen (secondary N) is 1. The lowest BCUT2D eigenvalue weighted by molar-refractivity contribution is 0.528. The number of aryl methyl sites for hydroxylation is 1. The fraction of sp³-hybridized carbons (Fsp3) is 0.0769. The predicted octanol–water partition coefficient (Wildman–Crippen LogP) is 1.33. The van der Waals surface area contributed by atoms with Crippen LogP contribution in [0.4, 0.5) is 5.69 Å². The summed E-state index contributed by atoms with van der Waals surface area (Å²) < 4.78 is 33.3. The maximum atomic E-state index is 12.3. The molecule has 0 bridgehead atoms. The summed E-state index contributed by atoms with van der Waals surface area (Å²) in [6.45, 7) is 0. The summed E-state index contributed by atoms with van der Waals surface area (Å²) in [4.78, 5) is 15.3. The zero-order chi connectivity index (χ0) is 15.0. The SMILES string of the molecule is Cn1c(=O)oc2ccc(S(=O)(=O)Nc3ccncc3)cc21. The van der Waals surface area contributed by atoms with Crippen molar-refractivity contribution in [2.24, 2.45) is 7.05 Å². The number of pyridine rings is 1. The average molecular weight is 305 g/mol. The molecular formula is C13H11N3O4S. The standard InChI is InChI=1S/C13H11N3O4S/c1-16-11-8-10(2-3-12(11)20-13(16)17)21(18,19)15-9-4-6-14-7-5-9/h2-8H,1H3,(H,14,15). The highest BCUT2D eigenvalue weighted by Crippen LogP contribution is 2.20. The molecule has 3 aromatic rings. The second-order valence-electron chi connectivity index (χ2n) is 4.40. The van der Waals surface area contributed by atoms with Crippen LogP contribution in [0, 0.1) is 0 Å². The molecule has 7 nitrogen and oxygen atoms in total. The second-order valence-corrected chi connectivity index (χ2v) is 6.08. The minimum atomic E-state index is -3.75. The Bertz CT molecular complexity index is 958. The summed E-state index contributed by atoms with van der Waals surface area (Å²) in [7, 11) is -2.23. The van der Waals surface area contributed by atoms with E-state index < -0.39 is 15.8 Å². The lowest BCUT2D eigenvalue weighted by Crippen LogP contribution is -2.13. The van der Waals surface area contributed by atoms with Gasteiger partial charge in [-0.3, -0.25) is 14.3 Å². The highest BCUT2D eigenvalue weighted by molar-refractivity contribution is 7.92. The molecule has 0 atom stereocenters. The van der Waals surface area contributed by atoms with E-state index in [4.69, 9.17) is 4.42 Å². The van der Waals surface area contributed by atoms with E-state index in [1.165, 1.54) is 42.2 Å².